The van der Waals surface area contributed by atoms with Crippen LogP contribution in [0.3, 0.4) is 0 Å². The van der Waals surface area contributed by atoms with Gasteiger partial charge in [-0.2, -0.15) is 0 Å². The van der Waals surface area contributed by atoms with Crippen LogP contribution in [0.2, 0.25) is 0 Å². The third-order valence-corrected chi connectivity index (χ3v) is 18.3. The predicted molar refractivity (Wildman–Crippen MR) is 340 cm³/mol. The maximum atomic E-state index is 12.1. The molecule has 0 saturated carbocycles. The monoisotopic (exact) mass is 1300 g/mol. The van der Waals surface area contributed by atoms with Crippen molar-refractivity contribution in [3.8, 4) is 22.1 Å². The summed E-state index contributed by atoms with van der Waals surface area (Å²) < 4.78 is 94.3. The van der Waals surface area contributed by atoms with Gasteiger partial charge in [0, 0.05) is 63.4 Å². The first-order valence-electron chi connectivity index (χ1n) is 29.8. The first-order chi connectivity index (χ1) is 40.4. The summed E-state index contributed by atoms with van der Waals surface area (Å²) in [5.74, 6) is -0.970. The van der Waals surface area contributed by atoms with Gasteiger partial charge in [-0.15, -0.1) is 0 Å². The number of phenols is 1. The Morgan fingerprint density at radius 2 is 1.06 bits per heavy atom. The van der Waals surface area contributed by atoms with Crippen LogP contribution in [-0.2, 0) is 42.9 Å². The molecule has 498 valence electrons. The Bertz CT molecular complexity index is 3210. The van der Waals surface area contributed by atoms with Crippen LogP contribution in [0.15, 0.2) is 91.0 Å². The Balaban J connectivity index is 0.000000309. The van der Waals surface area contributed by atoms with Crippen molar-refractivity contribution in [3.63, 3.8) is 0 Å². The average Bonchev–Trinajstić information content (AvgIpc) is 1.63. The molecular weight excluding hydrogens is 1200 g/mol. The Morgan fingerprint density at radius 1 is 0.629 bits per heavy atom. The van der Waals surface area contributed by atoms with E-state index in [0.717, 1.165) is 31.4 Å². The van der Waals surface area contributed by atoms with Crippen molar-refractivity contribution >= 4 is 74.1 Å². The second-order valence-electron chi connectivity index (χ2n) is 26.6. The topological polar surface area (TPSA) is 190 Å². The standard InChI is InChI=1S/C26H27O3S.C15H29NO2.C14H18O4.C12H20O4.F6P/c1-4-26(2,3)25(27)29-18-17-28-19-13-15-20(16-14-19)30-23-11-7-5-9-21(23)22-10-6-8-12-24(22)30;1-8-13(2,3)12(17)18-11-9-14(4,5)16-15(6,7)10-11;1-5-14(3,4)13(17)18-10-6-7-11(9(2)15)12(16)8-10;1-6-11(3,4)10(14)16-12(5)7-15-9(13)8(12)2;1-7(2,3,4,5)6/h5-16H,4,17-18H2,1-3H3;11,16H,8-10H2,1-7H3;6-8,16H,5H2,1-4H3;8H,6-7H2,1-5H3;/q+1;;;;-1. The van der Waals surface area contributed by atoms with Crippen LogP contribution in [0.5, 0.6) is 17.2 Å². The van der Waals surface area contributed by atoms with E-state index in [0.29, 0.717) is 19.4 Å². The van der Waals surface area contributed by atoms with E-state index in [9.17, 15) is 59.1 Å². The van der Waals surface area contributed by atoms with E-state index in [4.69, 9.17) is 28.4 Å². The number of carbonyl (C=O) groups excluding carboxylic acids is 6. The van der Waals surface area contributed by atoms with E-state index < -0.39 is 35.6 Å². The summed E-state index contributed by atoms with van der Waals surface area (Å²) in [4.78, 5) is 71.6. The number of ketones is 1. The fraction of sp³-hybridized carbons (Fsp3) is 0.552. The molecule has 14 nitrogen and oxygen atoms in total. The molecular formula is C67H94F6NO13PS. The number of halogens is 6. The Morgan fingerprint density at radius 3 is 1.48 bits per heavy atom. The van der Waals surface area contributed by atoms with Gasteiger partial charge in [-0.25, -0.2) is 0 Å². The maximum absolute atomic E-state index is 12.1. The van der Waals surface area contributed by atoms with Gasteiger partial charge in [0.1, 0.15) is 43.2 Å². The van der Waals surface area contributed by atoms with Crippen LogP contribution >= 0.6 is 18.3 Å². The Hall–Kier alpha value is -6.31. The second-order valence-corrected chi connectivity index (χ2v) is 30.5. The average molecular weight is 1300 g/mol. The number of phenolic OH excluding ortho intramolecular Hbond substituents is 1. The summed E-state index contributed by atoms with van der Waals surface area (Å²) in [5.41, 5.74) is -2.49. The molecule has 0 radical (unpaired) electrons. The number of esters is 5. The normalized spacial score (nSPS) is 18.2. The number of cyclic esters (lactones) is 1. The van der Waals surface area contributed by atoms with Crippen LogP contribution in [0, 0.1) is 27.6 Å². The van der Waals surface area contributed by atoms with Crippen molar-refractivity contribution in [3.05, 3.63) is 96.6 Å². The molecule has 0 spiro atoms. The van der Waals surface area contributed by atoms with Crippen LogP contribution in [0.25, 0.3) is 25.1 Å². The molecule has 1 aromatic heterocycles. The van der Waals surface area contributed by atoms with Crippen LogP contribution < -0.4 is 14.8 Å². The van der Waals surface area contributed by atoms with E-state index in [2.05, 4.69) is 93.7 Å². The zero-order valence-corrected chi connectivity index (χ0v) is 56.9. The number of piperidine rings is 1. The van der Waals surface area contributed by atoms with E-state index in [1.54, 1.807) is 27.7 Å². The van der Waals surface area contributed by atoms with Gasteiger partial charge in [0.05, 0.1) is 33.1 Å². The van der Waals surface area contributed by atoms with E-state index in [1.807, 2.05) is 81.4 Å². The second kappa shape index (κ2) is 28.9. The number of ether oxygens (including phenoxy) is 6. The van der Waals surface area contributed by atoms with Crippen molar-refractivity contribution in [2.24, 2.45) is 27.6 Å². The number of nitrogens with one attached hydrogen (secondary N) is 1. The quantitative estimate of drug-likeness (QED) is 0.0131. The number of fused-ring (bicyclic) bond motifs is 3. The molecule has 2 saturated heterocycles. The minimum atomic E-state index is -10.7. The van der Waals surface area contributed by atoms with Gasteiger partial charge in [-0.05, 0) is 178 Å². The number of hydrogen-bond acceptors (Lipinski definition) is 14. The summed E-state index contributed by atoms with van der Waals surface area (Å²) in [6, 6.07) is 29.8. The molecule has 3 heterocycles. The SMILES string of the molecule is CCC(C)(C)C(=O)OC1(C)COC(=O)C1C.CCC(C)(C)C(=O)OC1CC(C)(C)NC(C)(C)C1.CCC(C)(C)C(=O)OCCOc1ccc(-[s+]2c3ccccc3c3ccccc32)cc1.CCC(C)(C)C(=O)Oc1ccc(C(C)=O)c(O)c1.F[P-](F)(F)(F)(F)F. The van der Waals surface area contributed by atoms with Gasteiger partial charge in [0.2, 0.25) is 0 Å². The minimum absolute atomic E-state index is 0.0169. The molecule has 0 bridgehead atoms. The predicted octanol–water partition coefficient (Wildman–Crippen LogP) is 18.6. The van der Waals surface area contributed by atoms with Crippen molar-refractivity contribution in [2.75, 3.05) is 19.8 Å². The molecule has 22 heteroatoms. The summed E-state index contributed by atoms with van der Waals surface area (Å²) in [5, 5.41) is 15.9. The molecule has 7 rings (SSSR count). The van der Waals surface area contributed by atoms with Crippen LogP contribution in [0.4, 0.5) is 25.2 Å². The van der Waals surface area contributed by atoms with Gasteiger partial charge in [-0.3, -0.25) is 28.8 Å². The van der Waals surface area contributed by atoms with Crippen LogP contribution in [0.1, 0.15) is 180 Å². The molecule has 2 aliphatic rings. The molecule has 2 fully saturated rings. The van der Waals surface area contributed by atoms with Gasteiger partial charge in [0.25, 0.3) is 0 Å². The summed E-state index contributed by atoms with van der Waals surface area (Å²) in [6.45, 7) is 37.0. The Labute approximate surface area is 523 Å². The first-order valence-corrected chi connectivity index (χ1v) is 33.1. The van der Waals surface area contributed by atoms with E-state index >= 15 is 0 Å². The van der Waals surface area contributed by atoms with Crippen molar-refractivity contribution in [2.45, 2.75) is 193 Å². The van der Waals surface area contributed by atoms with Gasteiger partial charge in [0.15, 0.2) is 25.7 Å². The number of rotatable bonds is 17. The van der Waals surface area contributed by atoms with E-state index in [1.165, 1.54) is 50.2 Å². The Kier molecular flexibility index (Phi) is 25.0. The molecule has 4 aromatic carbocycles. The van der Waals surface area contributed by atoms with Gasteiger partial charge in [-0.1, -0.05) is 52.0 Å². The van der Waals surface area contributed by atoms with Crippen molar-refractivity contribution in [1.29, 1.82) is 0 Å². The molecule has 2 N–H and O–H groups in total. The summed E-state index contributed by atoms with van der Waals surface area (Å²) >= 11 is 0. The fourth-order valence-corrected chi connectivity index (χ4v) is 11.1. The third-order valence-electron chi connectivity index (χ3n) is 16.0. The number of benzene rings is 4. The van der Waals surface area contributed by atoms with E-state index in [-0.39, 0.29) is 99.0 Å². The van der Waals surface area contributed by atoms with Crippen molar-refractivity contribution < 1.29 is 87.5 Å². The molecule has 2 aliphatic heterocycles. The number of Topliss-reactive ketones (excluding diaryl/α,β-unsaturated/α-hetero) is 1. The molecule has 0 amide bonds. The first kappa shape index (κ1) is 76.9. The molecule has 2 unspecified atom stereocenters. The van der Waals surface area contributed by atoms with Gasteiger partial charge >= 0.3 is 62.8 Å². The number of thiophene rings is 1. The summed E-state index contributed by atoms with van der Waals surface area (Å²) in [7, 11) is -10.8. The zero-order chi connectivity index (χ0) is 68.2. The molecule has 0 aliphatic carbocycles. The number of hydrogen-bond donors (Lipinski definition) is 2. The number of carbonyl (C=O) groups is 6. The van der Waals surface area contributed by atoms with Crippen molar-refractivity contribution in [1.82, 2.24) is 5.32 Å². The number of aromatic hydroxyl groups is 1. The molecule has 2 atom stereocenters. The zero-order valence-electron chi connectivity index (χ0n) is 55.1. The molecule has 5 aromatic rings. The molecule has 89 heavy (non-hydrogen) atoms. The van der Waals surface area contributed by atoms with Gasteiger partial charge < -0.3 is 38.8 Å². The van der Waals surface area contributed by atoms with Crippen LogP contribution in [-0.4, -0.2) is 83.3 Å². The third kappa shape index (κ3) is 24.1. The fourth-order valence-electron chi connectivity index (χ4n) is 8.77. The summed E-state index contributed by atoms with van der Waals surface area (Å²) in [6.07, 6.45) is 4.69.